The molecule has 0 aliphatic rings. The second kappa shape index (κ2) is 9.03. The quantitative estimate of drug-likeness (QED) is 0.681. The van der Waals surface area contributed by atoms with Crippen molar-refractivity contribution in [3.63, 3.8) is 0 Å². The van der Waals surface area contributed by atoms with Gasteiger partial charge in [0.2, 0.25) is 0 Å². The largest absolute Gasteiger partial charge is 0.383 e. The Hall–Kier alpha value is -0.970. The molecule has 1 N–H and O–H groups in total. The third-order valence-electron chi connectivity index (χ3n) is 2.84. The number of rotatable bonds is 9. The summed E-state index contributed by atoms with van der Waals surface area (Å²) in [6, 6.07) is 6.88. The average Bonchev–Trinajstić information content (AvgIpc) is 2.38. The minimum absolute atomic E-state index is 0.137. The molecule has 18 heavy (non-hydrogen) atoms. The van der Waals surface area contributed by atoms with Crippen LogP contribution in [0.25, 0.3) is 0 Å². The van der Waals surface area contributed by atoms with Crippen LogP contribution in [0.5, 0.6) is 0 Å². The van der Waals surface area contributed by atoms with E-state index >= 15 is 0 Å². The van der Waals surface area contributed by atoms with Crippen molar-refractivity contribution in [3.8, 4) is 0 Å². The smallest absolute Gasteiger partial charge is 0.127 e. The number of likely N-dealkylation sites (N-methyl/N-ethyl adjacent to an activating group) is 1. The molecule has 0 spiro atoms. The summed E-state index contributed by atoms with van der Waals surface area (Å²) in [5.74, 6) is -0.137. The topological polar surface area (TPSA) is 24.5 Å². The van der Waals surface area contributed by atoms with Crippen LogP contribution in [-0.2, 0) is 11.3 Å². The highest BCUT2D eigenvalue weighted by molar-refractivity contribution is 5.16. The third kappa shape index (κ3) is 6.10. The Morgan fingerprint density at radius 1 is 1.28 bits per heavy atom. The Bertz CT molecular complexity index is 333. The van der Waals surface area contributed by atoms with Crippen LogP contribution in [0.1, 0.15) is 12.0 Å². The van der Waals surface area contributed by atoms with Crippen LogP contribution in [0, 0.1) is 5.82 Å². The molecule has 1 aromatic carbocycles. The molecule has 3 nitrogen and oxygen atoms in total. The van der Waals surface area contributed by atoms with Gasteiger partial charge in [-0.05, 0) is 32.6 Å². The summed E-state index contributed by atoms with van der Waals surface area (Å²) in [7, 11) is 3.79. The average molecular weight is 254 g/mol. The Morgan fingerprint density at radius 3 is 2.78 bits per heavy atom. The van der Waals surface area contributed by atoms with Gasteiger partial charge in [-0.15, -0.1) is 0 Å². The van der Waals surface area contributed by atoms with Crippen molar-refractivity contribution in [3.05, 3.63) is 35.6 Å². The minimum atomic E-state index is -0.137. The molecule has 0 aliphatic heterocycles. The first-order valence-corrected chi connectivity index (χ1v) is 6.35. The molecule has 0 aliphatic carbocycles. The van der Waals surface area contributed by atoms with E-state index in [1.54, 1.807) is 13.2 Å². The number of halogens is 1. The zero-order valence-corrected chi connectivity index (χ0v) is 11.3. The fourth-order valence-corrected chi connectivity index (χ4v) is 1.70. The predicted octanol–water partition coefficient (Wildman–Crippen LogP) is 1.88. The van der Waals surface area contributed by atoms with Crippen LogP contribution in [0.2, 0.25) is 0 Å². The van der Waals surface area contributed by atoms with Gasteiger partial charge in [0.15, 0.2) is 0 Å². The van der Waals surface area contributed by atoms with Gasteiger partial charge in [-0.25, -0.2) is 4.39 Å². The molecule has 0 saturated carbocycles. The van der Waals surface area contributed by atoms with Gasteiger partial charge in [-0.3, -0.25) is 0 Å². The maximum Gasteiger partial charge on any atom is 0.127 e. The number of nitrogens with zero attached hydrogens (tertiary/aromatic N) is 1. The van der Waals surface area contributed by atoms with Crippen molar-refractivity contribution in [1.29, 1.82) is 0 Å². The Morgan fingerprint density at radius 2 is 2.06 bits per heavy atom. The van der Waals surface area contributed by atoms with E-state index in [0.29, 0.717) is 6.54 Å². The molecule has 0 atom stereocenters. The molecule has 0 fully saturated rings. The van der Waals surface area contributed by atoms with Gasteiger partial charge in [0, 0.05) is 25.8 Å². The lowest BCUT2D eigenvalue weighted by molar-refractivity contribution is 0.160. The molecule has 1 aromatic rings. The molecule has 0 radical (unpaired) electrons. The van der Waals surface area contributed by atoms with Crippen molar-refractivity contribution < 1.29 is 9.13 Å². The van der Waals surface area contributed by atoms with Gasteiger partial charge < -0.3 is 15.0 Å². The van der Waals surface area contributed by atoms with E-state index in [2.05, 4.69) is 17.3 Å². The summed E-state index contributed by atoms with van der Waals surface area (Å²) in [5, 5.41) is 3.26. The van der Waals surface area contributed by atoms with Gasteiger partial charge in [0.05, 0.1) is 6.61 Å². The normalized spacial score (nSPS) is 11.1. The van der Waals surface area contributed by atoms with Crippen molar-refractivity contribution in [2.75, 3.05) is 40.4 Å². The number of hydrogen-bond donors (Lipinski definition) is 1. The van der Waals surface area contributed by atoms with Crippen molar-refractivity contribution in [1.82, 2.24) is 10.2 Å². The van der Waals surface area contributed by atoms with E-state index in [4.69, 9.17) is 4.74 Å². The van der Waals surface area contributed by atoms with Crippen LogP contribution in [0.4, 0.5) is 4.39 Å². The molecule has 4 heteroatoms. The first-order chi connectivity index (χ1) is 8.74. The zero-order chi connectivity index (χ0) is 13.2. The molecule has 0 aromatic heterocycles. The molecule has 0 amide bonds. The van der Waals surface area contributed by atoms with Crippen LogP contribution in [0.15, 0.2) is 24.3 Å². The highest BCUT2D eigenvalue weighted by atomic mass is 19.1. The molecule has 0 saturated heterocycles. The number of ether oxygens (including phenoxy) is 1. The van der Waals surface area contributed by atoms with E-state index in [1.165, 1.54) is 6.07 Å². The maximum absolute atomic E-state index is 13.3. The fraction of sp³-hybridized carbons (Fsp3) is 0.571. The summed E-state index contributed by atoms with van der Waals surface area (Å²) < 4.78 is 18.3. The van der Waals surface area contributed by atoms with E-state index in [0.717, 1.165) is 38.2 Å². The second-order valence-electron chi connectivity index (χ2n) is 4.42. The van der Waals surface area contributed by atoms with Crippen LogP contribution >= 0.6 is 0 Å². The molecule has 1 rings (SSSR count). The number of methoxy groups -OCH3 is 1. The summed E-state index contributed by atoms with van der Waals surface area (Å²) in [6.45, 7) is 4.22. The van der Waals surface area contributed by atoms with Crippen molar-refractivity contribution in [2.45, 2.75) is 13.0 Å². The lowest BCUT2D eigenvalue weighted by Gasteiger charge is -2.15. The first-order valence-electron chi connectivity index (χ1n) is 6.35. The van der Waals surface area contributed by atoms with Crippen molar-refractivity contribution >= 4 is 0 Å². The predicted molar refractivity (Wildman–Crippen MR) is 72.1 cm³/mol. The zero-order valence-electron chi connectivity index (χ0n) is 11.3. The van der Waals surface area contributed by atoms with E-state index in [1.807, 2.05) is 12.1 Å². The van der Waals surface area contributed by atoms with Gasteiger partial charge in [0.25, 0.3) is 0 Å². The molecule has 0 heterocycles. The highest BCUT2D eigenvalue weighted by Crippen LogP contribution is 2.05. The lowest BCUT2D eigenvalue weighted by Crippen LogP contribution is -2.26. The standard InChI is InChI=1S/C14H23FN2O/c1-17(10-11-18-2)9-5-8-16-12-13-6-3-4-7-14(13)15/h3-4,6-7,16H,5,8-12H2,1-2H3. The molecule has 102 valence electrons. The highest BCUT2D eigenvalue weighted by Gasteiger charge is 2.00. The molecule has 0 bridgehead atoms. The van der Waals surface area contributed by atoms with Crippen LogP contribution < -0.4 is 5.32 Å². The van der Waals surface area contributed by atoms with Crippen LogP contribution in [0.3, 0.4) is 0 Å². The number of nitrogens with one attached hydrogen (secondary N) is 1. The van der Waals surface area contributed by atoms with Gasteiger partial charge in [-0.2, -0.15) is 0 Å². The maximum atomic E-state index is 13.3. The van der Waals surface area contributed by atoms with Crippen LogP contribution in [-0.4, -0.2) is 45.3 Å². The second-order valence-corrected chi connectivity index (χ2v) is 4.42. The van der Waals surface area contributed by atoms with E-state index in [9.17, 15) is 4.39 Å². The first kappa shape index (κ1) is 15.1. The monoisotopic (exact) mass is 254 g/mol. The third-order valence-corrected chi connectivity index (χ3v) is 2.84. The van der Waals surface area contributed by atoms with E-state index < -0.39 is 0 Å². The SMILES string of the molecule is COCCN(C)CCCNCc1ccccc1F. The van der Waals surface area contributed by atoms with Gasteiger partial charge in [0.1, 0.15) is 5.82 Å². The lowest BCUT2D eigenvalue weighted by atomic mass is 10.2. The van der Waals surface area contributed by atoms with Gasteiger partial charge in [-0.1, -0.05) is 18.2 Å². The minimum Gasteiger partial charge on any atom is -0.383 e. The molecular formula is C14H23FN2O. The summed E-state index contributed by atoms with van der Waals surface area (Å²) in [4.78, 5) is 2.23. The van der Waals surface area contributed by atoms with Crippen molar-refractivity contribution in [2.24, 2.45) is 0 Å². The summed E-state index contributed by atoms with van der Waals surface area (Å²) in [5.41, 5.74) is 0.727. The Labute approximate surface area is 109 Å². The molecule has 0 unspecified atom stereocenters. The van der Waals surface area contributed by atoms with E-state index in [-0.39, 0.29) is 5.82 Å². The Balaban J connectivity index is 2.07. The molecular weight excluding hydrogens is 231 g/mol. The van der Waals surface area contributed by atoms with Gasteiger partial charge >= 0.3 is 0 Å². The fourth-order valence-electron chi connectivity index (χ4n) is 1.70. The Kier molecular flexibility index (Phi) is 7.57. The summed E-state index contributed by atoms with van der Waals surface area (Å²) in [6.07, 6.45) is 1.05. The summed E-state index contributed by atoms with van der Waals surface area (Å²) >= 11 is 0. The number of hydrogen-bond acceptors (Lipinski definition) is 3. The number of benzene rings is 1.